The molecule has 1 heterocycles. The number of aryl methyl sites for hydroxylation is 1. The molecule has 0 aliphatic heterocycles. The average Bonchev–Trinajstić information content (AvgIpc) is 3.23. The lowest BCUT2D eigenvalue weighted by Crippen LogP contribution is -2.42. The van der Waals surface area contributed by atoms with Crippen LogP contribution in [0.4, 0.5) is 14.5 Å². The van der Waals surface area contributed by atoms with Crippen molar-refractivity contribution in [1.82, 2.24) is 5.32 Å². The summed E-state index contributed by atoms with van der Waals surface area (Å²) in [7, 11) is 0. The van der Waals surface area contributed by atoms with Crippen molar-refractivity contribution in [2.24, 2.45) is 0 Å². The number of para-hydroxylation sites is 1. The van der Waals surface area contributed by atoms with Crippen LogP contribution in [0.2, 0.25) is 0 Å². The predicted octanol–water partition coefficient (Wildman–Crippen LogP) is 4.78. The molecular weight excluding hydrogens is 434 g/mol. The van der Waals surface area contributed by atoms with Crippen molar-refractivity contribution < 1.29 is 13.6 Å². The first-order chi connectivity index (χ1) is 15.3. The van der Waals surface area contributed by atoms with E-state index < -0.39 is 34.6 Å². The SMILES string of the molecule is Cc1csc(C(NC(C)c2ccc(F)c(F)c2)c2c(ONc3ccccc3)c(=O)c2=O)c1. The molecule has 0 spiro atoms. The van der Waals surface area contributed by atoms with Crippen molar-refractivity contribution in [3.63, 3.8) is 0 Å². The van der Waals surface area contributed by atoms with Gasteiger partial charge in [0.1, 0.15) is 0 Å². The molecule has 0 bridgehead atoms. The molecule has 164 valence electrons. The van der Waals surface area contributed by atoms with Crippen LogP contribution in [0.5, 0.6) is 5.75 Å². The van der Waals surface area contributed by atoms with E-state index in [1.165, 1.54) is 17.4 Å². The fraction of sp³-hybridized carbons (Fsp3) is 0.167. The van der Waals surface area contributed by atoms with Crippen LogP contribution in [0.1, 0.15) is 40.6 Å². The van der Waals surface area contributed by atoms with Crippen LogP contribution in [-0.4, -0.2) is 0 Å². The van der Waals surface area contributed by atoms with Crippen LogP contribution in [0.25, 0.3) is 0 Å². The normalized spacial score (nSPS) is 13.1. The first-order valence-corrected chi connectivity index (χ1v) is 10.8. The number of rotatable bonds is 8. The molecule has 32 heavy (non-hydrogen) atoms. The number of hydrogen-bond donors (Lipinski definition) is 2. The fourth-order valence-electron chi connectivity index (χ4n) is 3.41. The second-order valence-electron chi connectivity index (χ2n) is 7.49. The number of halogens is 2. The second kappa shape index (κ2) is 9.02. The van der Waals surface area contributed by atoms with Crippen molar-refractivity contribution >= 4 is 17.0 Å². The summed E-state index contributed by atoms with van der Waals surface area (Å²) in [6.07, 6.45) is 0. The molecule has 8 heteroatoms. The zero-order chi connectivity index (χ0) is 22.8. The van der Waals surface area contributed by atoms with E-state index in [0.717, 1.165) is 22.6 Å². The standard InChI is InChI=1S/C24H20F2N2O3S/c1-13-10-19(32-12-13)21(27-14(2)15-8-9-17(25)18(26)11-15)20-22(29)23(30)24(20)31-28-16-6-4-3-5-7-16/h3-12,14,21,27-28H,1-2H3. The topological polar surface area (TPSA) is 67.4 Å². The van der Waals surface area contributed by atoms with Crippen molar-refractivity contribution in [2.45, 2.75) is 25.9 Å². The third-order valence-corrected chi connectivity index (χ3v) is 6.25. The van der Waals surface area contributed by atoms with Gasteiger partial charge in [0.25, 0.3) is 5.43 Å². The summed E-state index contributed by atoms with van der Waals surface area (Å²) in [4.78, 5) is 31.2. The summed E-state index contributed by atoms with van der Waals surface area (Å²) in [5.74, 6) is -1.96. The van der Waals surface area contributed by atoms with E-state index in [0.29, 0.717) is 11.3 Å². The molecule has 2 atom stereocenters. The van der Waals surface area contributed by atoms with Crippen molar-refractivity contribution in [3.05, 3.63) is 114 Å². The molecule has 0 saturated heterocycles. The van der Waals surface area contributed by atoms with E-state index in [-0.39, 0.29) is 11.3 Å². The van der Waals surface area contributed by atoms with Crippen LogP contribution in [0.15, 0.2) is 69.6 Å². The van der Waals surface area contributed by atoms with Gasteiger partial charge in [-0.25, -0.2) is 14.3 Å². The molecule has 5 nitrogen and oxygen atoms in total. The largest absolute Gasteiger partial charge is 0.377 e. The summed E-state index contributed by atoms with van der Waals surface area (Å²) in [6.45, 7) is 3.70. The minimum atomic E-state index is -0.954. The quantitative estimate of drug-likeness (QED) is 0.296. The highest BCUT2D eigenvalue weighted by molar-refractivity contribution is 7.10. The zero-order valence-corrected chi connectivity index (χ0v) is 18.1. The van der Waals surface area contributed by atoms with Gasteiger partial charge in [-0.2, -0.15) is 0 Å². The lowest BCUT2D eigenvalue weighted by Gasteiger charge is -2.25. The molecule has 3 aromatic carbocycles. The van der Waals surface area contributed by atoms with Gasteiger partial charge in [-0.15, -0.1) is 11.3 Å². The lowest BCUT2D eigenvalue weighted by molar-refractivity contribution is 0.380. The van der Waals surface area contributed by atoms with Gasteiger partial charge in [0.05, 0.1) is 17.3 Å². The van der Waals surface area contributed by atoms with Crippen LogP contribution < -0.4 is 26.5 Å². The van der Waals surface area contributed by atoms with E-state index in [1.807, 2.05) is 24.4 Å². The number of benzene rings is 2. The summed E-state index contributed by atoms with van der Waals surface area (Å²) >= 11 is 1.43. The highest BCUT2D eigenvalue weighted by Crippen LogP contribution is 2.33. The van der Waals surface area contributed by atoms with Gasteiger partial charge >= 0.3 is 0 Å². The van der Waals surface area contributed by atoms with Crippen molar-refractivity contribution in [2.75, 3.05) is 5.48 Å². The van der Waals surface area contributed by atoms with Gasteiger partial charge in [0.15, 0.2) is 11.6 Å². The number of nitrogens with one attached hydrogen (secondary N) is 2. The molecule has 0 saturated carbocycles. The Kier molecular flexibility index (Phi) is 6.16. The van der Waals surface area contributed by atoms with E-state index >= 15 is 0 Å². The Morgan fingerprint density at radius 2 is 1.72 bits per heavy atom. The van der Waals surface area contributed by atoms with E-state index in [9.17, 15) is 18.4 Å². The van der Waals surface area contributed by atoms with Crippen molar-refractivity contribution in [1.29, 1.82) is 0 Å². The predicted molar refractivity (Wildman–Crippen MR) is 121 cm³/mol. The summed E-state index contributed by atoms with van der Waals surface area (Å²) < 4.78 is 27.1. The maximum Gasteiger partial charge on any atom is 0.271 e. The molecule has 4 rings (SSSR count). The molecule has 0 radical (unpaired) electrons. The number of hydrogen-bond acceptors (Lipinski definition) is 6. The van der Waals surface area contributed by atoms with Gasteiger partial charge in [0, 0.05) is 10.9 Å². The lowest BCUT2D eigenvalue weighted by atomic mass is 9.97. The van der Waals surface area contributed by atoms with Crippen molar-refractivity contribution in [3.8, 4) is 5.75 Å². The summed E-state index contributed by atoms with van der Waals surface area (Å²) in [6, 6.07) is 13.4. The van der Waals surface area contributed by atoms with Crippen LogP contribution >= 0.6 is 11.3 Å². The zero-order valence-electron chi connectivity index (χ0n) is 17.3. The fourth-order valence-corrected chi connectivity index (χ4v) is 4.37. The summed E-state index contributed by atoms with van der Waals surface area (Å²) in [5.41, 5.74) is 3.65. The minimum Gasteiger partial charge on any atom is -0.377 e. The first kappa shape index (κ1) is 21.9. The maximum absolute atomic E-state index is 13.7. The van der Waals surface area contributed by atoms with Gasteiger partial charge < -0.3 is 4.84 Å². The minimum absolute atomic E-state index is 0.0695. The molecular formula is C24H20F2N2O3S. The van der Waals surface area contributed by atoms with Gasteiger partial charge in [-0.3, -0.25) is 14.9 Å². The highest BCUT2D eigenvalue weighted by Gasteiger charge is 2.33. The molecule has 2 N–H and O–H groups in total. The monoisotopic (exact) mass is 454 g/mol. The molecule has 0 aliphatic rings. The van der Waals surface area contributed by atoms with E-state index in [1.54, 1.807) is 31.2 Å². The highest BCUT2D eigenvalue weighted by atomic mass is 32.1. The van der Waals surface area contributed by atoms with Crippen LogP contribution in [-0.2, 0) is 0 Å². The molecule has 2 unspecified atom stereocenters. The molecule has 0 fully saturated rings. The molecule has 4 aromatic rings. The number of thiophene rings is 1. The third kappa shape index (κ3) is 4.32. The van der Waals surface area contributed by atoms with Gasteiger partial charge in [-0.1, -0.05) is 24.3 Å². The van der Waals surface area contributed by atoms with Crippen LogP contribution in [0, 0.1) is 18.6 Å². The second-order valence-corrected chi connectivity index (χ2v) is 8.44. The Balaban J connectivity index is 1.66. The van der Waals surface area contributed by atoms with Gasteiger partial charge in [-0.05, 0) is 60.7 Å². The Morgan fingerprint density at radius 1 is 0.969 bits per heavy atom. The van der Waals surface area contributed by atoms with Gasteiger partial charge in [0.2, 0.25) is 11.2 Å². The summed E-state index contributed by atoms with van der Waals surface area (Å²) in [5, 5.41) is 5.20. The molecule has 0 amide bonds. The van der Waals surface area contributed by atoms with Crippen LogP contribution in [0.3, 0.4) is 0 Å². The maximum atomic E-state index is 13.7. The Hall–Kier alpha value is -3.36. The Labute approximate surface area is 187 Å². The van der Waals surface area contributed by atoms with E-state index in [2.05, 4.69) is 10.8 Å². The number of anilines is 1. The first-order valence-electron chi connectivity index (χ1n) is 9.92. The molecule has 0 aliphatic carbocycles. The Bertz CT molecular complexity index is 1310. The third-order valence-electron chi connectivity index (χ3n) is 5.13. The smallest absolute Gasteiger partial charge is 0.271 e. The Morgan fingerprint density at radius 3 is 2.38 bits per heavy atom. The molecule has 1 aromatic heterocycles. The van der Waals surface area contributed by atoms with E-state index in [4.69, 9.17) is 4.84 Å². The average molecular weight is 454 g/mol.